The third-order valence-electron chi connectivity index (χ3n) is 2.90. The van der Waals surface area contributed by atoms with Gasteiger partial charge in [0.25, 0.3) is 5.92 Å². The lowest BCUT2D eigenvalue weighted by Gasteiger charge is -2.37. The fraction of sp³-hybridized carbons (Fsp3) is 0.545. The first-order chi connectivity index (χ1) is 7.09. The van der Waals surface area contributed by atoms with Crippen molar-refractivity contribution in [1.82, 2.24) is 4.98 Å². The van der Waals surface area contributed by atoms with Crippen LogP contribution >= 0.6 is 0 Å². The van der Waals surface area contributed by atoms with Crippen molar-refractivity contribution in [3.63, 3.8) is 0 Å². The van der Waals surface area contributed by atoms with E-state index in [9.17, 15) is 8.78 Å². The van der Waals surface area contributed by atoms with Crippen LogP contribution in [0.4, 0.5) is 14.6 Å². The SMILES string of the molecule is CC1CN(c2ccccn2)CCC1(F)F. The summed E-state index contributed by atoms with van der Waals surface area (Å²) in [4.78, 5) is 6.08. The van der Waals surface area contributed by atoms with Gasteiger partial charge in [-0.05, 0) is 12.1 Å². The number of alkyl halides is 2. The molecule has 0 saturated carbocycles. The van der Waals surface area contributed by atoms with Crippen LogP contribution in [0.2, 0.25) is 0 Å². The van der Waals surface area contributed by atoms with Gasteiger partial charge in [-0.2, -0.15) is 0 Å². The van der Waals surface area contributed by atoms with Crippen LogP contribution in [0.15, 0.2) is 24.4 Å². The average molecular weight is 212 g/mol. The second-order valence-corrected chi connectivity index (χ2v) is 4.05. The van der Waals surface area contributed by atoms with E-state index in [0.717, 1.165) is 5.82 Å². The van der Waals surface area contributed by atoms with Crippen LogP contribution in [0.25, 0.3) is 0 Å². The van der Waals surface area contributed by atoms with Gasteiger partial charge in [0, 0.05) is 31.6 Å². The Morgan fingerprint density at radius 2 is 2.27 bits per heavy atom. The smallest absolute Gasteiger partial charge is 0.254 e. The van der Waals surface area contributed by atoms with Gasteiger partial charge in [-0.15, -0.1) is 0 Å². The van der Waals surface area contributed by atoms with Crippen molar-refractivity contribution in [2.24, 2.45) is 5.92 Å². The van der Waals surface area contributed by atoms with Crippen molar-refractivity contribution in [3.8, 4) is 0 Å². The highest BCUT2D eigenvalue weighted by Crippen LogP contribution is 2.34. The summed E-state index contributed by atoms with van der Waals surface area (Å²) in [5.74, 6) is -2.33. The predicted molar refractivity (Wildman–Crippen MR) is 55.2 cm³/mol. The molecular weight excluding hydrogens is 198 g/mol. The van der Waals surface area contributed by atoms with E-state index in [2.05, 4.69) is 4.98 Å². The summed E-state index contributed by atoms with van der Waals surface area (Å²) in [7, 11) is 0. The molecule has 2 rings (SSSR count). The van der Waals surface area contributed by atoms with Crippen molar-refractivity contribution < 1.29 is 8.78 Å². The number of aromatic nitrogens is 1. The molecule has 2 heterocycles. The molecule has 1 aromatic heterocycles. The van der Waals surface area contributed by atoms with Crippen LogP contribution in [0, 0.1) is 5.92 Å². The van der Waals surface area contributed by atoms with Gasteiger partial charge in [0.1, 0.15) is 5.82 Å². The van der Waals surface area contributed by atoms with Gasteiger partial charge in [-0.1, -0.05) is 13.0 Å². The summed E-state index contributed by atoms with van der Waals surface area (Å²) >= 11 is 0. The Labute approximate surface area is 87.9 Å². The number of piperidine rings is 1. The van der Waals surface area contributed by atoms with E-state index in [1.165, 1.54) is 0 Å². The van der Waals surface area contributed by atoms with Crippen LogP contribution < -0.4 is 4.90 Å². The Morgan fingerprint density at radius 1 is 1.47 bits per heavy atom. The van der Waals surface area contributed by atoms with Crippen LogP contribution in [0.5, 0.6) is 0 Å². The third-order valence-corrected chi connectivity index (χ3v) is 2.90. The number of rotatable bonds is 1. The molecule has 0 radical (unpaired) electrons. The maximum Gasteiger partial charge on any atom is 0.254 e. The number of nitrogens with zero attached hydrogens (tertiary/aromatic N) is 2. The lowest BCUT2D eigenvalue weighted by atomic mass is 9.95. The highest BCUT2D eigenvalue weighted by Gasteiger charge is 2.41. The summed E-state index contributed by atoms with van der Waals surface area (Å²) in [6, 6.07) is 5.56. The van der Waals surface area contributed by atoms with Crippen LogP contribution in [-0.4, -0.2) is 24.0 Å². The maximum absolute atomic E-state index is 13.2. The van der Waals surface area contributed by atoms with E-state index in [4.69, 9.17) is 0 Å². The standard InChI is InChI=1S/C11H14F2N2/c1-9-8-15(7-5-11(9,12)13)10-4-2-3-6-14-10/h2-4,6,9H,5,7-8H2,1H3. The van der Waals surface area contributed by atoms with Crippen molar-refractivity contribution in [2.75, 3.05) is 18.0 Å². The predicted octanol–water partition coefficient (Wildman–Crippen LogP) is 2.56. The molecule has 1 saturated heterocycles. The zero-order valence-corrected chi connectivity index (χ0v) is 8.66. The molecule has 1 aliphatic rings. The summed E-state index contributed by atoms with van der Waals surface area (Å²) in [6.07, 6.45) is 1.61. The Morgan fingerprint density at radius 3 is 2.87 bits per heavy atom. The van der Waals surface area contributed by atoms with Gasteiger partial charge >= 0.3 is 0 Å². The van der Waals surface area contributed by atoms with Crippen molar-refractivity contribution >= 4 is 5.82 Å². The number of hydrogen-bond donors (Lipinski definition) is 0. The molecule has 0 N–H and O–H groups in total. The van der Waals surface area contributed by atoms with E-state index in [-0.39, 0.29) is 6.42 Å². The van der Waals surface area contributed by atoms with Crippen molar-refractivity contribution in [2.45, 2.75) is 19.3 Å². The molecule has 0 amide bonds. The van der Waals surface area contributed by atoms with Gasteiger partial charge < -0.3 is 4.90 Å². The maximum atomic E-state index is 13.2. The Hall–Kier alpha value is -1.19. The van der Waals surface area contributed by atoms with E-state index in [1.54, 1.807) is 13.1 Å². The number of pyridine rings is 1. The molecule has 1 aromatic rings. The van der Waals surface area contributed by atoms with Gasteiger partial charge in [-0.25, -0.2) is 13.8 Å². The molecule has 1 fully saturated rings. The van der Waals surface area contributed by atoms with Gasteiger partial charge in [0.2, 0.25) is 0 Å². The lowest BCUT2D eigenvalue weighted by Crippen LogP contribution is -2.46. The minimum Gasteiger partial charge on any atom is -0.356 e. The fourth-order valence-corrected chi connectivity index (χ4v) is 1.83. The lowest BCUT2D eigenvalue weighted by molar-refractivity contribution is -0.0652. The Balaban J connectivity index is 2.10. The first-order valence-corrected chi connectivity index (χ1v) is 5.13. The molecule has 4 heteroatoms. The molecule has 2 nitrogen and oxygen atoms in total. The summed E-state index contributed by atoms with van der Waals surface area (Å²) in [6.45, 7) is 2.35. The van der Waals surface area contributed by atoms with Crippen LogP contribution in [-0.2, 0) is 0 Å². The minimum absolute atomic E-state index is 0.0786. The van der Waals surface area contributed by atoms with Crippen molar-refractivity contribution in [1.29, 1.82) is 0 Å². The molecule has 82 valence electrons. The quantitative estimate of drug-likeness (QED) is 0.711. The Kier molecular flexibility index (Phi) is 2.59. The molecule has 1 atom stereocenters. The van der Waals surface area contributed by atoms with E-state index >= 15 is 0 Å². The van der Waals surface area contributed by atoms with Gasteiger partial charge in [-0.3, -0.25) is 0 Å². The first-order valence-electron chi connectivity index (χ1n) is 5.13. The third kappa shape index (κ3) is 2.08. The first kappa shape index (κ1) is 10.3. The van der Waals surface area contributed by atoms with E-state index in [0.29, 0.717) is 13.1 Å². The topological polar surface area (TPSA) is 16.1 Å². The van der Waals surface area contributed by atoms with Crippen molar-refractivity contribution in [3.05, 3.63) is 24.4 Å². The Bertz CT molecular complexity index is 327. The molecule has 0 aromatic carbocycles. The number of hydrogen-bond acceptors (Lipinski definition) is 2. The zero-order chi connectivity index (χ0) is 10.9. The average Bonchev–Trinajstić information content (AvgIpc) is 2.23. The zero-order valence-electron chi connectivity index (χ0n) is 8.66. The summed E-state index contributed by atoms with van der Waals surface area (Å²) < 4.78 is 26.5. The molecule has 0 bridgehead atoms. The molecule has 1 unspecified atom stereocenters. The molecule has 1 aliphatic heterocycles. The van der Waals surface area contributed by atoms with Crippen LogP contribution in [0.3, 0.4) is 0 Å². The minimum atomic E-state index is -2.52. The van der Waals surface area contributed by atoms with Gasteiger partial charge in [0.15, 0.2) is 0 Å². The second kappa shape index (κ2) is 3.76. The molecule has 15 heavy (non-hydrogen) atoms. The second-order valence-electron chi connectivity index (χ2n) is 4.05. The molecular formula is C11H14F2N2. The number of anilines is 1. The van der Waals surface area contributed by atoms with E-state index in [1.807, 2.05) is 23.1 Å². The van der Waals surface area contributed by atoms with Gasteiger partial charge in [0.05, 0.1) is 0 Å². The number of halogens is 2. The molecule has 0 aliphatic carbocycles. The monoisotopic (exact) mass is 212 g/mol. The summed E-state index contributed by atoms with van der Waals surface area (Å²) in [5.41, 5.74) is 0. The largest absolute Gasteiger partial charge is 0.356 e. The summed E-state index contributed by atoms with van der Waals surface area (Å²) in [5, 5.41) is 0. The molecule has 0 spiro atoms. The van der Waals surface area contributed by atoms with Crippen LogP contribution in [0.1, 0.15) is 13.3 Å². The highest BCUT2D eigenvalue weighted by molar-refractivity contribution is 5.38. The normalized spacial score (nSPS) is 25.3. The highest BCUT2D eigenvalue weighted by atomic mass is 19.3. The van der Waals surface area contributed by atoms with E-state index < -0.39 is 11.8 Å². The fourth-order valence-electron chi connectivity index (χ4n) is 1.83.